The third-order valence-electron chi connectivity index (χ3n) is 8.54. The number of carbonyl (C=O) groups is 1. The van der Waals surface area contributed by atoms with Crippen LogP contribution in [0, 0.1) is 17.1 Å². The summed E-state index contributed by atoms with van der Waals surface area (Å²) in [6.07, 6.45) is 2.26. The molecule has 0 N–H and O–H groups in total. The van der Waals surface area contributed by atoms with Gasteiger partial charge in [-0.15, -0.1) is 0 Å². The van der Waals surface area contributed by atoms with Gasteiger partial charge in [-0.1, -0.05) is 12.1 Å². The second kappa shape index (κ2) is 10.8. The van der Waals surface area contributed by atoms with Gasteiger partial charge in [0.1, 0.15) is 24.1 Å². The molecule has 2 saturated heterocycles. The van der Waals surface area contributed by atoms with Gasteiger partial charge in [0.05, 0.1) is 41.9 Å². The van der Waals surface area contributed by atoms with Crippen LogP contribution in [-0.2, 0) is 24.4 Å². The van der Waals surface area contributed by atoms with E-state index in [0.29, 0.717) is 29.1 Å². The Kier molecular flexibility index (Phi) is 6.84. The molecule has 3 aliphatic rings. The fraction of sp³-hybridized carbons (Fsp3) is 0.375. The van der Waals surface area contributed by atoms with Crippen molar-refractivity contribution in [3.05, 3.63) is 82.9 Å². The zero-order valence-corrected chi connectivity index (χ0v) is 23.4. The lowest BCUT2D eigenvalue weighted by molar-refractivity contribution is -0.0592. The maximum absolute atomic E-state index is 14.3. The third-order valence-corrected chi connectivity index (χ3v) is 8.54. The molecule has 2 aromatic heterocycles. The van der Waals surface area contributed by atoms with Gasteiger partial charge in [0, 0.05) is 49.0 Å². The van der Waals surface area contributed by atoms with Crippen LogP contribution in [0.3, 0.4) is 0 Å². The smallest absolute Gasteiger partial charge is 0.215 e. The molecular formula is C32H31FN6O3. The van der Waals surface area contributed by atoms with Gasteiger partial charge in [0.2, 0.25) is 5.88 Å². The second-order valence-electron chi connectivity index (χ2n) is 11.3. The number of fused-ring (bicyclic) bond motifs is 2. The molecule has 0 radical (unpaired) electrons. The van der Waals surface area contributed by atoms with Crippen molar-refractivity contribution in [1.82, 2.24) is 19.4 Å². The van der Waals surface area contributed by atoms with Gasteiger partial charge in [-0.05, 0) is 56.2 Å². The molecule has 4 heterocycles. The number of piperazine rings is 1. The number of anilines is 1. The molecule has 2 aromatic carbocycles. The van der Waals surface area contributed by atoms with E-state index in [1.807, 2.05) is 36.4 Å². The topological polar surface area (TPSA) is 96.5 Å². The van der Waals surface area contributed by atoms with Gasteiger partial charge in [0.15, 0.2) is 5.78 Å². The molecule has 7 rings (SSSR count). The zero-order valence-electron chi connectivity index (χ0n) is 23.4. The maximum Gasteiger partial charge on any atom is 0.215 e. The minimum Gasteiger partial charge on any atom is -0.473 e. The third kappa shape index (κ3) is 5.10. The van der Waals surface area contributed by atoms with E-state index < -0.39 is 5.82 Å². The second-order valence-corrected chi connectivity index (χ2v) is 11.3. The van der Waals surface area contributed by atoms with Crippen LogP contribution in [0.25, 0.3) is 11.0 Å². The lowest BCUT2D eigenvalue weighted by atomic mass is 10.1. The average molecular weight is 567 g/mol. The van der Waals surface area contributed by atoms with E-state index in [4.69, 9.17) is 24.7 Å². The molecule has 9 nitrogen and oxygen atoms in total. The van der Waals surface area contributed by atoms with Crippen LogP contribution < -0.4 is 9.64 Å². The number of benzene rings is 2. The van der Waals surface area contributed by atoms with Crippen molar-refractivity contribution >= 4 is 22.6 Å². The number of nitrogens with zero attached hydrogens (tertiary/aromatic N) is 6. The minimum absolute atomic E-state index is 0.0363. The molecule has 214 valence electrons. The van der Waals surface area contributed by atoms with Crippen molar-refractivity contribution < 1.29 is 18.7 Å². The van der Waals surface area contributed by atoms with Crippen LogP contribution >= 0.6 is 0 Å². The Hall–Kier alpha value is -4.33. The molecule has 0 bridgehead atoms. The maximum atomic E-state index is 14.3. The predicted molar refractivity (Wildman–Crippen MR) is 154 cm³/mol. The van der Waals surface area contributed by atoms with Gasteiger partial charge >= 0.3 is 0 Å². The molecule has 0 spiro atoms. The summed E-state index contributed by atoms with van der Waals surface area (Å²) in [5.41, 5.74) is 3.25. The standard InChI is InChI=1S/C32H31FN6O3/c1-20(40)22-7-8-26-27(14-22)39(17-24-9-12-41-24)31(35-26)18-37-10-11-38(29-15-28(29)37)30-3-2-4-32(36-30)42-19-23-6-5-21(16-34)13-25(23)33/h2-8,13-14,24,28-29H,9-12,15,17-19H2,1H3/t24-,28+,29-/m0/s1. The van der Waals surface area contributed by atoms with E-state index in [0.717, 1.165) is 68.3 Å². The fourth-order valence-corrected chi connectivity index (χ4v) is 6.00. The number of ether oxygens (including phenoxy) is 2. The van der Waals surface area contributed by atoms with Crippen LogP contribution in [0.15, 0.2) is 54.6 Å². The summed E-state index contributed by atoms with van der Waals surface area (Å²) in [6.45, 7) is 5.59. The van der Waals surface area contributed by atoms with Crippen molar-refractivity contribution in [2.24, 2.45) is 0 Å². The van der Waals surface area contributed by atoms with E-state index in [9.17, 15) is 9.18 Å². The van der Waals surface area contributed by atoms with Gasteiger partial charge in [0.25, 0.3) is 0 Å². The first-order chi connectivity index (χ1) is 20.5. The highest BCUT2D eigenvalue weighted by Crippen LogP contribution is 2.40. The van der Waals surface area contributed by atoms with E-state index >= 15 is 0 Å². The Labute approximate surface area is 243 Å². The number of nitriles is 1. The summed E-state index contributed by atoms with van der Waals surface area (Å²) in [7, 11) is 0. The van der Waals surface area contributed by atoms with Crippen molar-refractivity contribution in [2.75, 3.05) is 24.6 Å². The van der Waals surface area contributed by atoms with Gasteiger partial charge in [-0.2, -0.15) is 10.2 Å². The summed E-state index contributed by atoms with van der Waals surface area (Å²) in [5.74, 6) is 1.88. The molecule has 42 heavy (non-hydrogen) atoms. The molecule has 0 unspecified atom stereocenters. The van der Waals surface area contributed by atoms with Crippen molar-refractivity contribution in [3.8, 4) is 11.9 Å². The normalized spacial score (nSPS) is 21.5. The molecule has 1 aliphatic carbocycles. The highest BCUT2D eigenvalue weighted by molar-refractivity contribution is 5.97. The number of aromatic nitrogens is 3. The lowest BCUT2D eigenvalue weighted by Gasteiger charge is -2.35. The van der Waals surface area contributed by atoms with Crippen molar-refractivity contribution in [2.45, 2.75) is 57.6 Å². The van der Waals surface area contributed by atoms with Gasteiger partial charge in [-0.3, -0.25) is 9.69 Å². The first-order valence-electron chi connectivity index (χ1n) is 14.4. The molecule has 1 saturated carbocycles. The first kappa shape index (κ1) is 26.6. The van der Waals surface area contributed by atoms with Crippen molar-refractivity contribution in [1.29, 1.82) is 5.26 Å². The van der Waals surface area contributed by atoms with Crippen molar-refractivity contribution in [3.63, 3.8) is 0 Å². The Morgan fingerprint density at radius 1 is 1.14 bits per heavy atom. The number of carbonyl (C=O) groups excluding carboxylic acids is 1. The van der Waals surface area contributed by atoms with Crippen LogP contribution in [0.4, 0.5) is 10.2 Å². The van der Waals surface area contributed by atoms with E-state index in [1.165, 1.54) is 6.07 Å². The summed E-state index contributed by atoms with van der Waals surface area (Å²) in [6, 6.07) is 18.5. The largest absolute Gasteiger partial charge is 0.473 e. The Balaban J connectivity index is 1.04. The lowest BCUT2D eigenvalue weighted by Crippen LogP contribution is -2.46. The predicted octanol–water partition coefficient (Wildman–Crippen LogP) is 4.48. The molecule has 10 heteroatoms. The Morgan fingerprint density at radius 2 is 2.02 bits per heavy atom. The number of pyridine rings is 1. The first-order valence-corrected chi connectivity index (χ1v) is 14.4. The number of halogens is 1. The molecule has 0 amide bonds. The number of hydrogen-bond donors (Lipinski definition) is 0. The quantitative estimate of drug-likeness (QED) is 0.274. The van der Waals surface area contributed by atoms with Crippen LogP contribution in [-0.4, -0.2) is 63.1 Å². The number of hydrogen-bond acceptors (Lipinski definition) is 8. The molecule has 3 atom stereocenters. The Bertz CT molecular complexity index is 1710. The number of ketones is 1. The van der Waals surface area contributed by atoms with Crippen LogP contribution in [0.2, 0.25) is 0 Å². The summed E-state index contributed by atoms with van der Waals surface area (Å²) < 4.78 is 28.1. The SMILES string of the molecule is CC(=O)c1ccc2nc(CN3CCN(c4cccc(OCc5ccc(C#N)cc5F)n4)[C@H]4C[C@H]43)n(C[C@@H]3CCO3)c2c1. The van der Waals surface area contributed by atoms with Gasteiger partial charge in [-0.25, -0.2) is 9.37 Å². The Morgan fingerprint density at radius 3 is 2.79 bits per heavy atom. The summed E-state index contributed by atoms with van der Waals surface area (Å²) in [5, 5.41) is 8.96. The highest BCUT2D eigenvalue weighted by atomic mass is 19.1. The molecular weight excluding hydrogens is 535 g/mol. The minimum atomic E-state index is -0.463. The monoisotopic (exact) mass is 566 g/mol. The molecule has 3 fully saturated rings. The number of imidazole rings is 1. The summed E-state index contributed by atoms with van der Waals surface area (Å²) in [4.78, 5) is 26.6. The van der Waals surface area contributed by atoms with E-state index in [1.54, 1.807) is 25.1 Å². The van der Waals surface area contributed by atoms with E-state index in [-0.39, 0.29) is 24.1 Å². The molecule has 4 aromatic rings. The number of rotatable bonds is 9. The fourth-order valence-electron chi connectivity index (χ4n) is 6.00. The average Bonchev–Trinajstić information content (AvgIpc) is 3.71. The molecule has 2 aliphatic heterocycles. The number of Topliss-reactive ketones (excluding diaryl/α,β-unsaturated/α-hetero) is 1. The summed E-state index contributed by atoms with van der Waals surface area (Å²) >= 11 is 0. The van der Waals surface area contributed by atoms with Crippen LogP contribution in [0.1, 0.15) is 47.1 Å². The highest BCUT2D eigenvalue weighted by Gasteiger charge is 2.49. The zero-order chi connectivity index (χ0) is 28.8. The van der Waals surface area contributed by atoms with Crippen LogP contribution in [0.5, 0.6) is 5.88 Å². The van der Waals surface area contributed by atoms with Gasteiger partial charge < -0.3 is 18.9 Å². The van der Waals surface area contributed by atoms with E-state index in [2.05, 4.69) is 14.4 Å².